The summed E-state index contributed by atoms with van der Waals surface area (Å²) in [6.45, 7) is 0. The highest BCUT2D eigenvalue weighted by molar-refractivity contribution is 7.95. The van der Waals surface area contributed by atoms with Crippen LogP contribution in [0.2, 0.25) is 10.0 Å². The third-order valence-electron chi connectivity index (χ3n) is 3.49. The number of benzene rings is 2. The van der Waals surface area contributed by atoms with Gasteiger partial charge in [-0.2, -0.15) is 5.26 Å². The van der Waals surface area contributed by atoms with Gasteiger partial charge in [0.05, 0.1) is 10.0 Å². The first-order chi connectivity index (χ1) is 12.9. The Morgan fingerprint density at radius 1 is 1.14 bits per heavy atom. The van der Waals surface area contributed by atoms with Crippen LogP contribution < -0.4 is 4.74 Å². The van der Waals surface area contributed by atoms with E-state index in [1.165, 1.54) is 18.2 Å². The van der Waals surface area contributed by atoms with Crippen LogP contribution in [0.15, 0.2) is 41.3 Å². The van der Waals surface area contributed by atoms with Gasteiger partial charge in [-0.25, -0.2) is 8.42 Å². The molecule has 0 spiro atoms. The fraction of sp³-hybridized carbons (Fsp3) is 0.167. The van der Waals surface area contributed by atoms with Gasteiger partial charge in [-0.1, -0.05) is 35.3 Å². The minimum atomic E-state index is -4.98. The molecular weight excluding hydrogens is 438 g/mol. The number of hydrogen-bond acceptors (Lipinski definition) is 4. The Bertz CT molecular complexity index is 1070. The summed E-state index contributed by atoms with van der Waals surface area (Å²) >= 11 is 11.8. The maximum atomic E-state index is 12.7. The van der Waals surface area contributed by atoms with Gasteiger partial charge in [-0.3, -0.25) is 0 Å². The van der Waals surface area contributed by atoms with Crippen molar-refractivity contribution in [2.45, 2.75) is 12.8 Å². The van der Waals surface area contributed by atoms with Gasteiger partial charge >= 0.3 is 6.36 Å². The summed E-state index contributed by atoms with van der Waals surface area (Å²) in [5, 5.41) is 9.70. The molecule has 0 bridgehead atoms. The summed E-state index contributed by atoms with van der Waals surface area (Å²) in [6.07, 6.45) is -3.07. The number of ether oxygens (including phenoxy) is 1. The van der Waals surface area contributed by atoms with E-state index in [1.807, 2.05) is 0 Å². The van der Waals surface area contributed by atoms with Gasteiger partial charge in [0.25, 0.3) is 0 Å². The van der Waals surface area contributed by atoms with Crippen molar-refractivity contribution in [2.24, 2.45) is 0 Å². The van der Waals surface area contributed by atoms with Crippen LogP contribution in [0.4, 0.5) is 13.2 Å². The summed E-state index contributed by atoms with van der Waals surface area (Å²) in [7, 11) is -3.92. The van der Waals surface area contributed by atoms with Crippen molar-refractivity contribution in [2.75, 3.05) is 6.26 Å². The maximum Gasteiger partial charge on any atom is 0.573 e. The molecule has 2 aromatic carbocycles. The van der Waals surface area contributed by atoms with Crippen LogP contribution in [0.3, 0.4) is 0 Å². The van der Waals surface area contributed by atoms with E-state index in [9.17, 15) is 21.6 Å². The lowest BCUT2D eigenvalue weighted by molar-refractivity contribution is -0.274. The zero-order chi connectivity index (χ0) is 21.1. The third kappa shape index (κ3) is 6.16. The van der Waals surface area contributed by atoms with Crippen molar-refractivity contribution in [1.82, 2.24) is 0 Å². The number of nitriles is 1. The lowest BCUT2D eigenvalue weighted by Gasteiger charge is -2.13. The highest BCUT2D eigenvalue weighted by Crippen LogP contribution is 2.31. The van der Waals surface area contributed by atoms with Crippen LogP contribution in [0.25, 0.3) is 6.08 Å². The number of sulfone groups is 1. The summed E-state index contributed by atoms with van der Waals surface area (Å²) in [6, 6.07) is 10.1. The van der Waals surface area contributed by atoms with Gasteiger partial charge in [0.15, 0.2) is 9.84 Å². The average molecular weight is 450 g/mol. The van der Waals surface area contributed by atoms with Gasteiger partial charge in [0, 0.05) is 11.8 Å². The van der Waals surface area contributed by atoms with E-state index in [0.717, 1.165) is 24.0 Å². The van der Waals surface area contributed by atoms with Crippen LogP contribution in [0.1, 0.15) is 16.7 Å². The lowest BCUT2D eigenvalue weighted by atomic mass is 10.0. The second-order valence-corrected chi connectivity index (χ2v) is 8.54. The van der Waals surface area contributed by atoms with Gasteiger partial charge < -0.3 is 4.74 Å². The van der Waals surface area contributed by atoms with Crippen molar-refractivity contribution in [3.63, 3.8) is 0 Å². The Kier molecular flexibility index (Phi) is 6.65. The van der Waals surface area contributed by atoms with E-state index in [0.29, 0.717) is 15.6 Å². The molecule has 2 aromatic rings. The quantitative estimate of drug-likeness (QED) is 0.573. The molecule has 0 aliphatic rings. The number of allylic oxidation sites excluding steroid dienone is 1. The number of halogens is 5. The van der Waals surface area contributed by atoms with Crippen molar-refractivity contribution in [3.05, 3.63) is 68.0 Å². The summed E-state index contributed by atoms with van der Waals surface area (Å²) in [5.74, 6) is -0.623. The molecule has 0 amide bonds. The van der Waals surface area contributed by atoms with E-state index >= 15 is 0 Å². The Morgan fingerprint density at radius 3 is 2.29 bits per heavy atom. The van der Waals surface area contributed by atoms with Gasteiger partial charge in [0.1, 0.15) is 16.7 Å². The number of rotatable bonds is 5. The molecular formula is C18H12Cl2F3NO3S. The second-order valence-electron chi connectivity index (χ2n) is 5.74. The van der Waals surface area contributed by atoms with Gasteiger partial charge in [-0.05, 0) is 47.9 Å². The monoisotopic (exact) mass is 449 g/mol. The smallest absolute Gasteiger partial charge is 0.405 e. The number of alkyl halides is 3. The molecule has 28 heavy (non-hydrogen) atoms. The zero-order valence-corrected chi connectivity index (χ0v) is 16.5. The first kappa shape index (κ1) is 22.1. The van der Waals surface area contributed by atoms with E-state index in [-0.39, 0.29) is 12.0 Å². The molecule has 0 heterocycles. The summed E-state index contributed by atoms with van der Waals surface area (Å²) < 4.78 is 65.2. The van der Waals surface area contributed by atoms with Gasteiger partial charge in [0.2, 0.25) is 0 Å². The molecule has 0 radical (unpaired) electrons. The SMILES string of the molecule is CS(=O)(=O)/C(C#N)=C/c1cc(Cc2ccc(Cl)c(Cl)c2)ccc1OC(F)(F)F. The van der Waals surface area contributed by atoms with Crippen LogP contribution in [-0.4, -0.2) is 21.0 Å². The molecule has 0 aliphatic heterocycles. The topological polar surface area (TPSA) is 67.2 Å². The largest absolute Gasteiger partial charge is 0.573 e. The minimum Gasteiger partial charge on any atom is -0.405 e. The predicted octanol–water partition coefficient (Wildman–Crippen LogP) is 5.39. The normalized spacial score (nSPS) is 12.5. The molecule has 4 nitrogen and oxygen atoms in total. The van der Waals surface area contributed by atoms with Crippen LogP contribution in [-0.2, 0) is 16.3 Å². The van der Waals surface area contributed by atoms with E-state index in [2.05, 4.69) is 4.74 Å². The first-order valence-electron chi connectivity index (χ1n) is 7.53. The standard InChI is InChI=1S/C18H12Cl2F3NO3S/c1-28(25,26)14(10-24)9-13-7-11(3-5-17(13)27-18(21,22)23)6-12-2-4-15(19)16(20)8-12/h2-5,7-9H,6H2,1H3/b14-9+. The van der Waals surface area contributed by atoms with Crippen molar-refractivity contribution >= 4 is 39.1 Å². The Labute approximate surface area is 169 Å². The first-order valence-corrected chi connectivity index (χ1v) is 10.2. The fourth-order valence-electron chi connectivity index (χ4n) is 2.29. The highest BCUT2D eigenvalue weighted by atomic mass is 35.5. The van der Waals surface area contributed by atoms with Crippen molar-refractivity contribution in [1.29, 1.82) is 5.26 Å². The molecule has 0 N–H and O–H groups in total. The molecule has 0 atom stereocenters. The number of nitrogens with zero attached hydrogens (tertiary/aromatic N) is 1. The van der Waals surface area contributed by atoms with Crippen LogP contribution >= 0.6 is 23.2 Å². The zero-order valence-electron chi connectivity index (χ0n) is 14.2. The molecule has 0 saturated carbocycles. The number of hydrogen-bond donors (Lipinski definition) is 0. The van der Waals surface area contributed by atoms with E-state index < -0.39 is 26.9 Å². The Hall–Kier alpha value is -2.21. The average Bonchev–Trinajstić information content (AvgIpc) is 2.55. The lowest BCUT2D eigenvalue weighted by Crippen LogP contribution is -2.18. The van der Waals surface area contributed by atoms with Crippen molar-refractivity contribution in [3.8, 4) is 11.8 Å². The fourth-order valence-corrected chi connectivity index (χ4v) is 3.11. The van der Waals surface area contributed by atoms with Gasteiger partial charge in [-0.15, -0.1) is 13.2 Å². The molecule has 0 fully saturated rings. The molecule has 148 valence electrons. The van der Waals surface area contributed by atoms with Crippen LogP contribution in [0.5, 0.6) is 5.75 Å². The van der Waals surface area contributed by atoms with E-state index in [1.54, 1.807) is 18.2 Å². The summed E-state index contributed by atoms with van der Waals surface area (Å²) in [5.41, 5.74) is 1.08. The Balaban J connectivity index is 2.52. The van der Waals surface area contributed by atoms with E-state index in [4.69, 9.17) is 28.5 Å². The molecule has 10 heteroatoms. The Morgan fingerprint density at radius 2 is 1.75 bits per heavy atom. The van der Waals surface area contributed by atoms with Crippen LogP contribution in [0, 0.1) is 11.3 Å². The van der Waals surface area contributed by atoms with Crippen molar-refractivity contribution < 1.29 is 26.3 Å². The molecule has 0 saturated heterocycles. The summed E-state index contributed by atoms with van der Waals surface area (Å²) in [4.78, 5) is -0.689. The third-order valence-corrected chi connectivity index (χ3v) is 5.24. The maximum absolute atomic E-state index is 12.7. The minimum absolute atomic E-state index is 0.197. The molecule has 2 rings (SSSR count). The predicted molar refractivity (Wildman–Crippen MR) is 101 cm³/mol. The molecule has 0 aliphatic carbocycles. The molecule has 0 unspecified atom stereocenters. The molecule has 0 aromatic heterocycles. The second kappa shape index (κ2) is 8.43. The highest BCUT2D eigenvalue weighted by Gasteiger charge is 2.32.